The van der Waals surface area contributed by atoms with Gasteiger partial charge >= 0.3 is 0 Å². The van der Waals surface area contributed by atoms with Gasteiger partial charge in [0.25, 0.3) is 0 Å². The molecule has 6 aliphatic heterocycles. The van der Waals surface area contributed by atoms with Crippen molar-refractivity contribution in [2.24, 2.45) is 0 Å². The Kier molecular flexibility index (Phi) is 11.8. The van der Waals surface area contributed by atoms with Crippen LogP contribution in [0.3, 0.4) is 0 Å². The van der Waals surface area contributed by atoms with Crippen LogP contribution in [0, 0.1) is 45.3 Å². The van der Waals surface area contributed by atoms with E-state index in [2.05, 4.69) is 39.8 Å². The lowest BCUT2D eigenvalue weighted by Gasteiger charge is -2.09. The number of rotatable bonds is 4. The van der Waals surface area contributed by atoms with Gasteiger partial charge < -0.3 is 0 Å². The molecule has 0 bridgehead atoms. The second-order valence-electron chi connectivity index (χ2n) is 9.15. The molecule has 0 saturated carbocycles. The van der Waals surface area contributed by atoms with Crippen molar-refractivity contribution in [3.8, 4) is 24.3 Å². The molecule has 0 aromatic rings. The van der Waals surface area contributed by atoms with E-state index in [1.54, 1.807) is 106 Å². The maximum atomic E-state index is 9.39. The van der Waals surface area contributed by atoms with Crippen molar-refractivity contribution in [3.63, 3.8) is 0 Å². The van der Waals surface area contributed by atoms with Crippen molar-refractivity contribution < 1.29 is 0 Å². The number of allylic oxidation sites excluding steroid dienone is 12. The van der Waals surface area contributed by atoms with Gasteiger partial charge in [-0.15, -0.1) is 0 Å². The minimum Gasteiger partial charge on any atom is -0.192 e. The fourth-order valence-corrected chi connectivity index (χ4v) is 21.5. The Balaban J connectivity index is 1.13. The highest BCUT2D eigenvalue weighted by Gasteiger charge is 2.37. The lowest BCUT2D eigenvalue weighted by atomic mass is 10.2. The van der Waals surface area contributed by atoms with Crippen molar-refractivity contribution >= 4 is 141 Å². The van der Waals surface area contributed by atoms with E-state index in [0.29, 0.717) is 0 Å². The van der Waals surface area contributed by atoms with Crippen molar-refractivity contribution in [1.29, 1.82) is 21.0 Å². The first-order chi connectivity index (χ1) is 22.2. The second-order valence-corrected chi connectivity index (χ2v) is 24.9. The van der Waals surface area contributed by atoms with Gasteiger partial charge in [-0.25, -0.2) is 0 Å². The van der Waals surface area contributed by atoms with Crippen LogP contribution in [-0.2, 0) is 0 Å². The van der Waals surface area contributed by atoms with Crippen LogP contribution in [0.1, 0.15) is 27.7 Å². The van der Waals surface area contributed by atoms with Crippen LogP contribution >= 0.6 is 141 Å². The lowest BCUT2D eigenvalue weighted by molar-refractivity contribution is 1.45. The molecule has 16 heteroatoms. The molecule has 0 spiro atoms. The largest absolute Gasteiger partial charge is 0.192 e. The van der Waals surface area contributed by atoms with E-state index in [0.717, 1.165) is 28.1 Å². The highest BCUT2D eigenvalue weighted by Crippen LogP contribution is 2.73. The summed E-state index contributed by atoms with van der Waals surface area (Å²) in [5.41, 5.74) is 2.03. The first-order valence-corrected chi connectivity index (χ1v) is 22.7. The Morgan fingerprint density at radius 2 is 0.674 bits per heavy atom. The molecule has 0 aromatic heterocycles. The summed E-state index contributed by atoms with van der Waals surface area (Å²) in [7, 11) is 0. The molecule has 0 aliphatic carbocycles. The highest BCUT2D eigenvalue weighted by atomic mass is 32.3. The van der Waals surface area contributed by atoms with Gasteiger partial charge in [-0.2, -0.15) is 21.0 Å². The number of thioether (sulfide) groups is 12. The third-order valence-corrected chi connectivity index (χ3v) is 23.0. The summed E-state index contributed by atoms with van der Waals surface area (Å²) in [4.78, 5) is 4.99. The van der Waals surface area contributed by atoms with Gasteiger partial charge in [0.15, 0.2) is 0 Å². The summed E-state index contributed by atoms with van der Waals surface area (Å²) in [5, 5.41) is 37.6. The number of nitrogens with zero attached hydrogens (tertiary/aromatic N) is 4. The molecule has 6 heterocycles. The Morgan fingerprint density at radius 1 is 0.413 bits per heavy atom. The first-order valence-electron chi connectivity index (χ1n) is 12.9. The monoisotopic (exact) mass is 816 g/mol. The second kappa shape index (κ2) is 15.5. The number of hydrogen-bond acceptors (Lipinski definition) is 16. The fraction of sp³-hybridized carbons (Fsp3) is 0.133. The van der Waals surface area contributed by atoms with Crippen LogP contribution in [0.4, 0.5) is 0 Å². The molecule has 46 heavy (non-hydrogen) atoms. The van der Waals surface area contributed by atoms with Crippen molar-refractivity contribution in [3.05, 3.63) is 109 Å². The van der Waals surface area contributed by atoms with Gasteiger partial charge in [0.2, 0.25) is 0 Å². The van der Waals surface area contributed by atoms with Gasteiger partial charge in [0.1, 0.15) is 35.4 Å². The molecule has 0 atom stereocenters. The topological polar surface area (TPSA) is 95.2 Å². The lowest BCUT2D eigenvalue weighted by Crippen LogP contribution is -1.82. The minimum atomic E-state index is 0.105. The zero-order valence-corrected chi connectivity index (χ0v) is 33.8. The van der Waals surface area contributed by atoms with Gasteiger partial charge in [-0.1, -0.05) is 141 Å². The van der Waals surface area contributed by atoms with Crippen molar-refractivity contribution in [2.45, 2.75) is 27.7 Å². The first kappa shape index (κ1) is 35.1. The van der Waals surface area contributed by atoms with Crippen molar-refractivity contribution in [2.75, 3.05) is 0 Å². The Labute approximate surface area is 319 Å². The van der Waals surface area contributed by atoms with Crippen molar-refractivity contribution in [1.82, 2.24) is 0 Å². The van der Waals surface area contributed by atoms with Gasteiger partial charge in [-0.05, 0) is 82.8 Å². The molecule has 0 N–H and O–H groups in total. The molecule has 0 fully saturated rings. The Hall–Kier alpha value is -0.700. The average Bonchev–Trinajstić information content (AvgIpc) is 3.87. The number of hydrogen-bond donors (Lipinski definition) is 0. The summed E-state index contributed by atoms with van der Waals surface area (Å²) >= 11 is 21.1. The van der Waals surface area contributed by atoms with E-state index in [1.807, 2.05) is 71.3 Å². The molecule has 0 unspecified atom stereocenters. The molecule has 0 amide bonds. The number of nitriles is 4. The van der Waals surface area contributed by atoms with Crippen LogP contribution in [0.25, 0.3) is 0 Å². The summed E-state index contributed by atoms with van der Waals surface area (Å²) in [6, 6.07) is 8.02. The van der Waals surface area contributed by atoms with E-state index in [9.17, 15) is 21.0 Å². The van der Waals surface area contributed by atoms with Gasteiger partial charge in [0, 0.05) is 0 Å². The van der Waals surface area contributed by atoms with E-state index in [1.165, 1.54) is 45.0 Å². The molecule has 228 valence electrons. The van der Waals surface area contributed by atoms with Crippen LogP contribution in [-0.4, -0.2) is 0 Å². The molecule has 4 nitrogen and oxygen atoms in total. The normalized spacial score (nSPS) is 20.2. The van der Waals surface area contributed by atoms with E-state index >= 15 is 0 Å². The van der Waals surface area contributed by atoms with Crippen LogP contribution in [0.2, 0.25) is 0 Å². The molecule has 0 aromatic carbocycles. The predicted octanol–water partition coefficient (Wildman–Crippen LogP) is 13.8. The standard InChI is InChI=1S/C30H16N4S12/c1-13-14(2)36-23(35-13)19(5-17(9-31)10-32)7-21-39-25-26(40-21)44-29(43-25)30-45-27-28(46-30)42-22(41-27)8-20(6-18(11-33)12-34)24-37-15(3)16(4)38-24/h5-8H,1-4H3. The van der Waals surface area contributed by atoms with Crippen LogP contribution in [0.15, 0.2) is 109 Å². The molecule has 0 radical (unpaired) electrons. The quantitative estimate of drug-likeness (QED) is 0.252. The Bertz CT molecular complexity index is 1770. The molecule has 6 aliphatic rings. The summed E-state index contributed by atoms with van der Waals surface area (Å²) < 4.78 is 12.2. The molecular weight excluding hydrogens is 801 g/mol. The van der Waals surface area contributed by atoms with E-state index in [-0.39, 0.29) is 11.1 Å². The molecular formula is C30H16N4S12. The maximum absolute atomic E-state index is 9.39. The van der Waals surface area contributed by atoms with E-state index < -0.39 is 0 Å². The van der Waals surface area contributed by atoms with Gasteiger partial charge in [-0.3, -0.25) is 0 Å². The van der Waals surface area contributed by atoms with Gasteiger partial charge in [0.05, 0.1) is 42.4 Å². The minimum absolute atomic E-state index is 0.105. The van der Waals surface area contributed by atoms with Crippen LogP contribution in [0.5, 0.6) is 0 Å². The Morgan fingerprint density at radius 3 is 0.935 bits per heavy atom. The summed E-state index contributed by atoms with van der Waals surface area (Å²) in [6.45, 7) is 8.40. The highest BCUT2D eigenvalue weighted by molar-refractivity contribution is 8.51. The molecule has 0 saturated heterocycles. The SMILES string of the molecule is CC1=C(C)SC(=C(C=C(C#N)C#N)C=C2SC3=C(S2)SC(=C2SC4=C(SC(=CC(C=C(C#N)C#N)=C5SC(C)=C(C)S5)S4)S2)S3)S1. The summed E-state index contributed by atoms with van der Waals surface area (Å²) in [5.74, 6) is 0. The third-order valence-electron chi connectivity index (χ3n) is 6.09. The molecule has 6 rings (SSSR count). The van der Waals surface area contributed by atoms with Crippen LogP contribution < -0.4 is 0 Å². The van der Waals surface area contributed by atoms with E-state index in [4.69, 9.17) is 0 Å². The summed E-state index contributed by atoms with van der Waals surface area (Å²) in [6.07, 6.45) is 7.64. The average molecular weight is 817 g/mol. The third kappa shape index (κ3) is 7.86. The zero-order valence-electron chi connectivity index (χ0n) is 24.0. The predicted molar refractivity (Wildman–Crippen MR) is 218 cm³/mol. The fourth-order valence-electron chi connectivity index (χ4n) is 3.67. The zero-order chi connectivity index (χ0) is 32.5. The smallest absolute Gasteiger partial charge is 0.130 e. The maximum Gasteiger partial charge on any atom is 0.130 e.